The predicted octanol–water partition coefficient (Wildman–Crippen LogP) is 2.45. The first-order valence-electron chi connectivity index (χ1n) is 7.47. The van der Waals surface area contributed by atoms with Crippen LogP contribution in [-0.2, 0) is 12.7 Å². The molecule has 1 heterocycles. The van der Waals surface area contributed by atoms with E-state index in [0.717, 1.165) is 19.0 Å². The Kier molecular flexibility index (Phi) is 5.47. The molecule has 0 aromatic heterocycles. The van der Waals surface area contributed by atoms with Gasteiger partial charge in [-0.3, -0.25) is 4.90 Å². The summed E-state index contributed by atoms with van der Waals surface area (Å²) >= 11 is 0. The van der Waals surface area contributed by atoms with Crippen molar-refractivity contribution >= 4 is 0 Å². The number of aliphatic hydroxyl groups excluding tert-OH is 1. The highest BCUT2D eigenvalue weighted by Crippen LogP contribution is 2.30. The minimum Gasteiger partial charge on any atom is -0.396 e. The SMILES string of the molecule is CN(C)C1CCN(Cc2cccc(C(F)(F)F)c2)CC1CO. The highest BCUT2D eigenvalue weighted by Gasteiger charge is 2.32. The molecule has 0 radical (unpaired) electrons. The van der Waals surface area contributed by atoms with Crippen molar-refractivity contribution in [1.29, 1.82) is 0 Å². The van der Waals surface area contributed by atoms with Gasteiger partial charge in [-0.25, -0.2) is 0 Å². The normalized spacial score (nSPS) is 24.0. The molecule has 1 aliphatic heterocycles. The van der Waals surface area contributed by atoms with Crippen molar-refractivity contribution in [2.75, 3.05) is 33.8 Å². The smallest absolute Gasteiger partial charge is 0.396 e. The molecular formula is C16H23F3N2O. The molecule has 2 atom stereocenters. The monoisotopic (exact) mass is 316 g/mol. The van der Waals surface area contributed by atoms with Crippen molar-refractivity contribution in [3.05, 3.63) is 35.4 Å². The molecule has 22 heavy (non-hydrogen) atoms. The number of piperidine rings is 1. The highest BCUT2D eigenvalue weighted by molar-refractivity contribution is 5.25. The summed E-state index contributed by atoms with van der Waals surface area (Å²) in [6.45, 7) is 2.12. The Morgan fingerprint density at radius 1 is 1.32 bits per heavy atom. The van der Waals surface area contributed by atoms with E-state index in [0.29, 0.717) is 24.7 Å². The van der Waals surface area contributed by atoms with Gasteiger partial charge in [0, 0.05) is 31.7 Å². The van der Waals surface area contributed by atoms with E-state index in [-0.39, 0.29) is 12.5 Å². The van der Waals surface area contributed by atoms with Crippen LogP contribution in [0.5, 0.6) is 0 Å². The Labute approximate surface area is 129 Å². The third-order valence-corrected chi connectivity index (χ3v) is 4.34. The summed E-state index contributed by atoms with van der Waals surface area (Å²) in [5.74, 6) is 0.134. The van der Waals surface area contributed by atoms with Gasteiger partial charge < -0.3 is 10.0 Å². The van der Waals surface area contributed by atoms with E-state index in [4.69, 9.17) is 0 Å². The largest absolute Gasteiger partial charge is 0.416 e. The Balaban J connectivity index is 2.03. The Morgan fingerprint density at radius 2 is 2.05 bits per heavy atom. The maximum Gasteiger partial charge on any atom is 0.416 e. The summed E-state index contributed by atoms with van der Waals surface area (Å²) in [6.07, 6.45) is -3.39. The number of hydrogen-bond donors (Lipinski definition) is 1. The first-order chi connectivity index (χ1) is 10.3. The molecule has 0 bridgehead atoms. The van der Waals surface area contributed by atoms with Crippen LogP contribution >= 0.6 is 0 Å². The molecule has 1 aromatic carbocycles. The first-order valence-corrected chi connectivity index (χ1v) is 7.47. The van der Waals surface area contributed by atoms with E-state index in [2.05, 4.69) is 9.80 Å². The fourth-order valence-electron chi connectivity index (χ4n) is 3.20. The molecule has 1 aliphatic rings. The van der Waals surface area contributed by atoms with Crippen molar-refractivity contribution < 1.29 is 18.3 Å². The molecule has 3 nitrogen and oxygen atoms in total. The summed E-state index contributed by atoms with van der Waals surface area (Å²) in [5.41, 5.74) is 0.0571. The van der Waals surface area contributed by atoms with Gasteiger partial charge in [0.2, 0.25) is 0 Å². The Bertz CT molecular complexity index is 491. The standard InChI is InChI=1S/C16H23F3N2O/c1-20(2)15-6-7-21(10-13(15)11-22)9-12-4-3-5-14(8-12)16(17,18)19/h3-5,8,13,15,22H,6-7,9-11H2,1-2H3. The van der Waals surface area contributed by atoms with E-state index in [1.54, 1.807) is 6.07 Å². The zero-order valence-electron chi connectivity index (χ0n) is 13.0. The molecule has 0 saturated carbocycles. The van der Waals surface area contributed by atoms with Gasteiger partial charge in [-0.1, -0.05) is 18.2 Å². The number of halogens is 3. The van der Waals surface area contributed by atoms with Crippen LogP contribution in [0, 0.1) is 5.92 Å². The van der Waals surface area contributed by atoms with Gasteiger partial charge in [-0.05, 0) is 38.7 Å². The molecule has 0 spiro atoms. The summed E-state index contributed by atoms with van der Waals surface area (Å²) in [7, 11) is 3.99. The van der Waals surface area contributed by atoms with Crippen LogP contribution in [-0.4, -0.2) is 54.7 Å². The summed E-state index contributed by atoms with van der Waals surface area (Å²) in [5, 5.41) is 9.54. The molecule has 1 saturated heterocycles. The molecule has 2 rings (SSSR count). The van der Waals surface area contributed by atoms with Gasteiger partial charge in [0.15, 0.2) is 0 Å². The first kappa shape index (κ1) is 17.2. The van der Waals surface area contributed by atoms with Gasteiger partial charge in [-0.2, -0.15) is 13.2 Å². The predicted molar refractivity (Wildman–Crippen MR) is 79.4 cm³/mol. The molecule has 6 heteroatoms. The number of hydrogen-bond acceptors (Lipinski definition) is 3. The molecular weight excluding hydrogens is 293 g/mol. The number of nitrogens with zero attached hydrogens (tertiary/aromatic N) is 2. The van der Waals surface area contributed by atoms with Crippen LogP contribution in [0.2, 0.25) is 0 Å². The number of alkyl halides is 3. The number of likely N-dealkylation sites (tertiary alicyclic amines) is 1. The van der Waals surface area contributed by atoms with Crippen molar-refractivity contribution in [2.45, 2.75) is 25.2 Å². The van der Waals surface area contributed by atoms with Crippen LogP contribution in [0.4, 0.5) is 13.2 Å². The minimum atomic E-state index is -4.30. The molecule has 1 aromatic rings. The van der Waals surface area contributed by atoms with Crippen molar-refractivity contribution in [3.63, 3.8) is 0 Å². The summed E-state index contributed by atoms with van der Waals surface area (Å²) in [6, 6.07) is 5.81. The summed E-state index contributed by atoms with van der Waals surface area (Å²) < 4.78 is 38.3. The lowest BCUT2D eigenvalue weighted by molar-refractivity contribution is -0.137. The maximum atomic E-state index is 12.8. The quantitative estimate of drug-likeness (QED) is 0.924. The van der Waals surface area contributed by atoms with Gasteiger partial charge in [-0.15, -0.1) is 0 Å². The average molecular weight is 316 g/mol. The zero-order valence-corrected chi connectivity index (χ0v) is 13.0. The molecule has 2 unspecified atom stereocenters. The van der Waals surface area contributed by atoms with E-state index in [1.807, 2.05) is 14.1 Å². The lowest BCUT2D eigenvalue weighted by Crippen LogP contribution is -2.49. The van der Waals surface area contributed by atoms with E-state index in [9.17, 15) is 18.3 Å². The minimum absolute atomic E-state index is 0.0991. The van der Waals surface area contributed by atoms with E-state index >= 15 is 0 Å². The number of rotatable bonds is 4. The van der Waals surface area contributed by atoms with Crippen molar-refractivity contribution in [1.82, 2.24) is 9.80 Å². The average Bonchev–Trinajstić information content (AvgIpc) is 2.46. The van der Waals surface area contributed by atoms with Crippen LogP contribution in [0.15, 0.2) is 24.3 Å². The summed E-state index contributed by atoms with van der Waals surface area (Å²) in [4.78, 5) is 4.23. The fourth-order valence-corrected chi connectivity index (χ4v) is 3.20. The molecule has 0 amide bonds. The lowest BCUT2D eigenvalue weighted by Gasteiger charge is -2.41. The van der Waals surface area contributed by atoms with Gasteiger partial charge in [0.05, 0.1) is 5.56 Å². The van der Waals surface area contributed by atoms with Gasteiger partial charge in [0.25, 0.3) is 0 Å². The van der Waals surface area contributed by atoms with Gasteiger partial charge >= 0.3 is 6.18 Å². The molecule has 1 fully saturated rings. The van der Waals surface area contributed by atoms with E-state index < -0.39 is 11.7 Å². The molecule has 1 N–H and O–H groups in total. The van der Waals surface area contributed by atoms with Crippen LogP contribution in [0.3, 0.4) is 0 Å². The van der Waals surface area contributed by atoms with Crippen LogP contribution in [0.1, 0.15) is 17.5 Å². The third-order valence-electron chi connectivity index (χ3n) is 4.34. The van der Waals surface area contributed by atoms with Crippen molar-refractivity contribution in [3.8, 4) is 0 Å². The second-order valence-electron chi connectivity index (χ2n) is 6.20. The highest BCUT2D eigenvalue weighted by atomic mass is 19.4. The van der Waals surface area contributed by atoms with Gasteiger partial charge in [0.1, 0.15) is 0 Å². The number of benzene rings is 1. The number of aliphatic hydroxyl groups is 1. The topological polar surface area (TPSA) is 26.7 Å². The fraction of sp³-hybridized carbons (Fsp3) is 0.625. The molecule has 0 aliphatic carbocycles. The maximum absolute atomic E-state index is 12.8. The van der Waals surface area contributed by atoms with Crippen molar-refractivity contribution in [2.24, 2.45) is 5.92 Å². The lowest BCUT2D eigenvalue weighted by atomic mass is 9.91. The zero-order chi connectivity index (χ0) is 16.3. The molecule has 124 valence electrons. The Morgan fingerprint density at radius 3 is 2.64 bits per heavy atom. The van der Waals surface area contributed by atoms with Crippen LogP contribution < -0.4 is 0 Å². The Hall–Kier alpha value is -1.11. The van der Waals surface area contributed by atoms with E-state index in [1.165, 1.54) is 12.1 Å². The van der Waals surface area contributed by atoms with Crippen LogP contribution in [0.25, 0.3) is 0 Å². The second kappa shape index (κ2) is 6.98. The third kappa shape index (κ3) is 4.21. The second-order valence-corrected chi connectivity index (χ2v) is 6.20.